The molecule has 5 rings (SSSR count). The summed E-state index contributed by atoms with van der Waals surface area (Å²) in [6.07, 6.45) is 5.24. The minimum atomic E-state index is 0.810. The number of thiophene rings is 1. The van der Waals surface area contributed by atoms with Crippen molar-refractivity contribution in [3.05, 3.63) is 33.1 Å². The van der Waals surface area contributed by atoms with Crippen LogP contribution in [-0.2, 0) is 13.0 Å². The maximum absolute atomic E-state index is 6.43. The summed E-state index contributed by atoms with van der Waals surface area (Å²) in [6, 6.07) is 7.11. The van der Waals surface area contributed by atoms with Crippen LogP contribution in [-0.4, -0.2) is 22.5 Å². The zero-order chi connectivity index (χ0) is 18.3. The van der Waals surface area contributed by atoms with Gasteiger partial charge in [-0.05, 0) is 43.0 Å². The lowest BCUT2D eigenvalue weighted by atomic mass is 9.89. The molecule has 6 heteroatoms. The standard InChI is InChI=1S/C18H18BrN3S2.C2H6/c19-10-4-5-14-13(8-10)21-18(24-14)16-12-6-7-22(11-2-1-3-11)9-15(12)23-17(16)20;1-2/h4-5,8,11H,1-3,6-7,9,20H2;1-2H3. The Morgan fingerprint density at radius 3 is 2.77 bits per heavy atom. The summed E-state index contributed by atoms with van der Waals surface area (Å²) < 4.78 is 2.29. The van der Waals surface area contributed by atoms with Crippen LogP contribution in [0.15, 0.2) is 22.7 Å². The number of benzene rings is 1. The lowest BCUT2D eigenvalue weighted by molar-refractivity contribution is 0.115. The van der Waals surface area contributed by atoms with E-state index in [0.29, 0.717) is 0 Å². The fourth-order valence-electron chi connectivity index (χ4n) is 3.75. The number of halogens is 1. The maximum Gasteiger partial charge on any atom is 0.127 e. The number of thiazole rings is 1. The Kier molecular flexibility index (Phi) is 5.37. The molecule has 1 fully saturated rings. The monoisotopic (exact) mass is 449 g/mol. The molecule has 1 aliphatic carbocycles. The Hall–Kier alpha value is -0.950. The van der Waals surface area contributed by atoms with Crippen molar-refractivity contribution >= 4 is 53.8 Å². The van der Waals surface area contributed by atoms with Crippen molar-refractivity contribution in [2.75, 3.05) is 12.3 Å². The van der Waals surface area contributed by atoms with Gasteiger partial charge in [0, 0.05) is 34.0 Å². The quantitative estimate of drug-likeness (QED) is 0.498. The fourth-order valence-corrected chi connectivity index (χ4v) is 6.34. The van der Waals surface area contributed by atoms with Gasteiger partial charge in [0.25, 0.3) is 0 Å². The molecule has 2 N–H and O–H groups in total. The summed E-state index contributed by atoms with van der Waals surface area (Å²) in [6.45, 7) is 6.24. The van der Waals surface area contributed by atoms with Gasteiger partial charge >= 0.3 is 0 Å². The number of anilines is 1. The molecule has 0 amide bonds. The van der Waals surface area contributed by atoms with Crippen LogP contribution < -0.4 is 5.73 Å². The fraction of sp³-hybridized carbons (Fsp3) is 0.450. The van der Waals surface area contributed by atoms with Gasteiger partial charge < -0.3 is 5.73 Å². The predicted molar refractivity (Wildman–Crippen MR) is 118 cm³/mol. The van der Waals surface area contributed by atoms with Crippen LogP contribution in [0.2, 0.25) is 0 Å². The highest BCUT2D eigenvalue weighted by Gasteiger charge is 2.31. The summed E-state index contributed by atoms with van der Waals surface area (Å²) in [5.74, 6) is 0. The van der Waals surface area contributed by atoms with Crippen LogP contribution in [0.3, 0.4) is 0 Å². The van der Waals surface area contributed by atoms with E-state index in [1.54, 1.807) is 22.7 Å². The Morgan fingerprint density at radius 2 is 2.04 bits per heavy atom. The largest absolute Gasteiger partial charge is 0.390 e. The van der Waals surface area contributed by atoms with E-state index in [-0.39, 0.29) is 0 Å². The van der Waals surface area contributed by atoms with E-state index in [4.69, 9.17) is 10.7 Å². The summed E-state index contributed by atoms with van der Waals surface area (Å²) in [4.78, 5) is 8.98. The Morgan fingerprint density at radius 1 is 1.23 bits per heavy atom. The van der Waals surface area contributed by atoms with Crippen LogP contribution >= 0.6 is 38.6 Å². The van der Waals surface area contributed by atoms with E-state index in [1.165, 1.54) is 40.0 Å². The minimum absolute atomic E-state index is 0.810. The smallest absolute Gasteiger partial charge is 0.127 e. The van der Waals surface area contributed by atoms with Crippen molar-refractivity contribution in [3.8, 4) is 10.6 Å². The van der Waals surface area contributed by atoms with E-state index < -0.39 is 0 Å². The first-order valence-corrected chi connectivity index (χ1v) is 11.8. The number of nitrogen functional groups attached to an aromatic ring is 1. The molecule has 138 valence electrons. The molecule has 0 bridgehead atoms. The number of hydrogen-bond donors (Lipinski definition) is 1. The molecule has 1 aliphatic heterocycles. The topological polar surface area (TPSA) is 42.1 Å². The molecule has 2 aliphatic rings. The van der Waals surface area contributed by atoms with Crippen LogP contribution in [0.1, 0.15) is 43.6 Å². The van der Waals surface area contributed by atoms with Gasteiger partial charge in [0.1, 0.15) is 5.01 Å². The first kappa shape index (κ1) is 18.4. The zero-order valence-electron chi connectivity index (χ0n) is 15.2. The molecule has 1 saturated carbocycles. The second-order valence-electron chi connectivity index (χ2n) is 6.68. The average Bonchev–Trinajstić information content (AvgIpc) is 3.13. The molecule has 3 aromatic rings. The van der Waals surface area contributed by atoms with Gasteiger partial charge in [-0.1, -0.05) is 36.2 Å². The average molecular weight is 450 g/mol. The van der Waals surface area contributed by atoms with Crippen molar-refractivity contribution in [2.24, 2.45) is 0 Å². The molecule has 3 nitrogen and oxygen atoms in total. The van der Waals surface area contributed by atoms with Gasteiger partial charge in [0.05, 0.1) is 15.2 Å². The van der Waals surface area contributed by atoms with Crippen molar-refractivity contribution in [3.63, 3.8) is 0 Å². The predicted octanol–water partition coefficient (Wildman–Crippen LogP) is 6.31. The third-order valence-corrected chi connectivity index (χ3v) is 7.86. The van der Waals surface area contributed by atoms with E-state index in [2.05, 4.69) is 39.0 Å². The molecule has 0 spiro atoms. The first-order valence-electron chi connectivity index (χ1n) is 9.39. The summed E-state index contributed by atoms with van der Waals surface area (Å²) in [5, 5.41) is 2.02. The second-order valence-corrected chi connectivity index (χ2v) is 9.76. The molecule has 0 radical (unpaired) electrons. The molecular weight excluding hydrogens is 426 g/mol. The zero-order valence-corrected chi connectivity index (χ0v) is 18.4. The maximum atomic E-state index is 6.43. The lowest BCUT2D eigenvalue weighted by Crippen LogP contribution is -2.42. The van der Waals surface area contributed by atoms with Crippen molar-refractivity contribution < 1.29 is 0 Å². The van der Waals surface area contributed by atoms with E-state index >= 15 is 0 Å². The van der Waals surface area contributed by atoms with Crippen molar-refractivity contribution in [1.29, 1.82) is 0 Å². The summed E-state index contributed by atoms with van der Waals surface area (Å²) in [5.41, 5.74) is 10.1. The normalized spacial score (nSPS) is 17.5. The van der Waals surface area contributed by atoms with Gasteiger partial charge in [0.2, 0.25) is 0 Å². The first-order chi connectivity index (χ1) is 12.7. The van der Waals surface area contributed by atoms with E-state index in [1.807, 2.05) is 13.8 Å². The number of nitrogens with two attached hydrogens (primary N) is 1. The third kappa shape index (κ3) is 3.21. The number of rotatable bonds is 2. The molecule has 0 unspecified atom stereocenters. The summed E-state index contributed by atoms with van der Waals surface area (Å²) >= 11 is 7.06. The SMILES string of the molecule is CC.Nc1sc2c(c1-c1nc3cc(Br)ccc3s1)CCN(C1CCC1)C2. The third-order valence-electron chi connectivity index (χ3n) is 5.27. The van der Waals surface area contributed by atoms with Gasteiger partial charge in [-0.3, -0.25) is 4.90 Å². The number of nitrogens with zero attached hydrogens (tertiary/aromatic N) is 2. The van der Waals surface area contributed by atoms with Crippen LogP contribution in [0, 0.1) is 0 Å². The molecule has 1 aromatic carbocycles. The van der Waals surface area contributed by atoms with Gasteiger partial charge in [-0.25, -0.2) is 4.98 Å². The lowest BCUT2D eigenvalue weighted by Gasteiger charge is -2.39. The minimum Gasteiger partial charge on any atom is -0.390 e. The van der Waals surface area contributed by atoms with E-state index in [9.17, 15) is 0 Å². The molecular formula is C20H24BrN3S2. The number of fused-ring (bicyclic) bond motifs is 2. The second kappa shape index (κ2) is 7.58. The Bertz CT molecular complexity index is 927. The molecule has 2 aromatic heterocycles. The van der Waals surface area contributed by atoms with Gasteiger partial charge in [0.15, 0.2) is 0 Å². The highest BCUT2D eigenvalue weighted by atomic mass is 79.9. The Balaban J connectivity index is 0.000000814. The summed E-state index contributed by atoms with van der Waals surface area (Å²) in [7, 11) is 0. The van der Waals surface area contributed by atoms with Gasteiger partial charge in [-0.2, -0.15) is 0 Å². The Labute approximate surface area is 171 Å². The molecule has 3 heterocycles. The van der Waals surface area contributed by atoms with Crippen LogP contribution in [0.4, 0.5) is 5.00 Å². The van der Waals surface area contributed by atoms with Crippen molar-refractivity contribution in [2.45, 2.75) is 52.1 Å². The molecule has 26 heavy (non-hydrogen) atoms. The molecule has 0 saturated heterocycles. The number of hydrogen-bond acceptors (Lipinski definition) is 5. The van der Waals surface area contributed by atoms with Crippen LogP contribution in [0.25, 0.3) is 20.8 Å². The van der Waals surface area contributed by atoms with Crippen molar-refractivity contribution in [1.82, 2.24) is 9.88 Å². The molecule has 0 atom stereocenters. The highest BCUT2D eigenvalue weighted by molar-refractivity contribution is 9.10. The highest BCUT2D eigenvalue weighted by Crippen LogP contribution is 2.45. The van der Waals surface area contributed by atoms with Gasteiger partial charge in [-0.15, -0.1) is 22.7 Å². The number of aromatic nitrogens is 1. The van der Waals surface area contributed by atoms with E-state index in [0.717, 1.165) is 45.6 Å². The van der Waals surface area contributed by atoms with Crippen LogP contribution in [0.5, 0.6) is 0 Å².